The Morgan fingerprint density at radius 2 is 2.00 bits per heavy atom. The number of nitrogens with one attached hydrogen (secondary N) is 1. The van der Waals surface area contributed by atoms with Crippen LogP contribution in [0, 0.1) is 0 Å². The summed E-state index contributed by atoms with van der Waals surface area (Å²) in [7, 11) is 1.55. The van der Waals surface area contributed by atoms with Crippen LogP contribution in [0.5, 0.6) is 0 Å². The Morgan fingerprint density at radius 1 is 1.24 bits per heavy atom. The highest BCUT2D eigenvalue weighted by molar-refractivity contribution is 8.00. The van der Waals surface area contributed by atoms with Crippen LogP contribution >= 0.6 is 11.8 Å². The van der Waals surface area contributed by atoms with Gasteiger partial charge in [-0.3, -0.25) is 10.0 Å². The van der Waals surface area contributed by atoms with E-state index in [9.17, 15) is 24.7 Å². The van der Waals surface area contributed by atoms with Gasteiger partial charge in [0, 0.05) is 18.2 Å². The molecule has 0 radical (unpaired) electrons. The van der Waals surface area contributed by atoms with Crippen LogP contribution in [-0.2, 0) is 19.1 Å². The van der Waals surface area contributed by atoms with Crippen molar-refractivity contribution in [1.82, 2.24) is 15.1 Å². The molecule has 1 aromatic rings. The maximum absolute atomic E-state index is 13.1. The fourth-order valence-corrected chi connectivity index (χ4v) is 4.60. The van der Waals surface area contributed by atoms with Crippen LogP contribution in [0.1, 0.15) is 12.8 Å². The van der Waals surface area contributed by atoms with Crippen LogP contribution in [0.2, 0.25) is 0 Å². The number of hydrazine groups is 1. The summed E-state index contributed by atoms with van der Waals surface area (Å²) in [5.41, 5.74) is 2.83. The number of carboxylic acids is 1. The van der Waals surface area contributed by atoms with Crippen molar-refractivity contribution >= 4 is 35.2 Å². The number of nitrogens with zero attached hydrogens (tertiary/aromatic N) is 2. The number of aliphatic carboxylic acids is 1. The first-order valence-corrected chi connectivity index (χ1v) is 9.91. The predicted octanol–water partition coefficient (Wildman–Crippen LogP) is 1.64. The number of methoxy groups -OCH3 is 1. The average Bonchev–Trinajstić information content (AvgIpc) is 2.71. The number of carboxylic acid groups (broad SMARTS) is 1. The number of ether oxygens (including phenoxy) is 1. The van der Waals surface area contributed by atoms with E-state index in [1.165, 1.54) is 11.8 Å². The molecule has 0 bridgehead atoms. The zero-order valence-electron chi connectivity index (χ0n) is 15.8. The summed E-state index contributed by atoms with van der Waals surface area (Å²) in [5.74, 6) is -1.38. The fraction of sp³-hybridized carbons (Fsp3) is 0.316. The molecule has 1 unspecified atom stereocenters. The van der Waals surface area contributed by atoms with Gasteiger partial charge in [0.15, 0.2) is 18.8 Å². The van der Waals surface area contributed by atoms with Crippen LogP contribution in [0.4, 0.5) is 5.69 Å². The number of hydrogen-bond donors (Lipinski definition) is 3. The normalized spacial score (nSPS) is 21.0. The molecule has 3 N–H and O–H groups in total. The number of allylic oxidation sites excluding steroid dienone is 4. The van der Waals surface area contributed by atoms with Crippen LogP contribution < -0.4 is 10.1 Å². The van der Waals surface area contributed by atoms with Crippen molar-refractivity contribution in [3.8, 4) is 0 Å². The summed E-state index contributed by atoms with van der Waals surface area (Å²) < 4.78 is 4.53. The third kappa shape index (κ3) is 4.20. The number of para-hydroxylation sites is 1. The second kappa shape index (κ2) is 8.78. The van der Waals surface area contributed by atoms with E-state index in [0.29, 0.717) is 24.2 Å². The Hall–Kier alpha value is -2.66. The van der Waals surface area contributed by atoms with Gasteiger partial charge in [-0.25, -0.2) is 19.1 Å². The highest BCUT2D eigenvalue weighted by Gasteiger charge is 2.48. The fourth-order valence-electron chi connectivity index (χ4n) is 3.51. The molecular weight excluding hydrogens is 398 g/mol. The third-order valence-corrected chi connectivity index (χ3v) is 6.00. The van der Waals surface area contributed by atoms with E-state index < -0.39 is 29.4 Å². The number of benzene rings is 1. The lowest BCUT2D eigenvalue weighted by Crippen LogP contribution is -2.63. The molecule has 1 atom stereocenters. The Bertz CT molecular complexity index is 900. The molecule has 0 fully saturated rings. The van der Waals surface area contributed by atoms with Gasteiger partial charge in [0.1, 0.15) is 5.75 Å². The van der Waals surface area contributed by atoms with Gasteiger partial charge < -0.3 is 9.84 Å². The summed E-state index contributed by atoms with van der Waals surface area (Å²) in [5, 5.41) is 20.0. The second-order valence-corrected chi connectivity index (χ2v) is 7.67. The molecule has 0 aromatic heterocycles. The van der Waals surface area contributed by atoms with Crippen molar-refractivity contribution in [3.05, 3.63) is 47.9 Å². The number of fused-ring (bicyclic) bond motifs is 1. The summed E-state index contributed by atoms with van der Waals surface area (Å²) in [4.78, 5) is 38.4. The predicted molar refractivity (Wildman–Crippen MR) is 106 cm³/mol. The first-order chi connectivity index (χ1) is 13.9. The molecule has 0 saturated heterocycles. The lowest BCUT2D eigenvalue weighted by atomic mass is 10.1. The van der Waals surface area contributed by atoms with Crippen molar-refractivity contribution in [1.29, 1.82) is 0 Å². The van der Waals surface area contributed by atoms with Gasteiger partial charge in [0.2, 0.25) is 0 Å². The SMILES string of the molecule is COC1=CC=C(N(NO)C(=O)C[N+]2(CC(=O)O)C(=O)CSc3ccccc32)CC1. The van der Waals surface area contributed by atoms with E-state index in [4.69, 9.17) is 4.74 Å². The van der Waals surface area contributed by atoms with Gasteiger partial charge in [0.05, 0.1) is 17.8 Å². The number of amides is 2. The minimum atomic E-state index is -1.19. The lowest BCUT2D eigenvalue weighted by Gasteiger charge is -2.38. The number of hydrogen-bond acceptors (Lipinski definition) is 7. The smallest absolute Gasteiger partial charge is 0.360 e. The van der Waals surface area contributed by atoms with Crippen molar-refractivity contribution in [2.45, 2.75) is 17.7 Å². The highest BCUT2D eigenvalue weighted by atomic mass is 32.2. The van der Waals surface area contributed by atoms with Crippen LogP contribution in [-0.4, -0.2) is 59.1 Å². The molecular formula is C19H22N3O6S+. The number of rotatable bonds is 7. The van der Waals surface area contributed by atoms with E-state index in [1.54, 1.807) is 43.5 Å². The zero-order valence-corrected chi connectivity index (χ0v) is 16.6. The molecule has 0 spiro atoms. The van der Waals surface area contributed by atoms with Crippen LogP contribution in [0.3, 0.4) is 0 Å². The average molecular weight is 420 g/mol. The Labute approximate surface area is 171 Å². The van der Waals surface area contributed by atoms with Crippen molar-refractivity contribution < 1.29 is 29.4 Å². The zero-order chi connectivity index (χ0) is 21.0. The van der Waals surface area contributed by atoms with Gasteiger partial charge >= 0.3 is 11.9 Å². The molecule has 0 saturated carbocycles. The van der Waals surface area contributed by atoms with Gasteiger partial charge in [0.25, 0.3) is 5.91 Å². The number of quaternary nitrogens is 1. The van der Waals surface area contributed by atoms with Gasteiger partial charge in [-0.05, 0) is 24.6 Å². The summed E-state index contributed by atoms with van der Waals surface area (Å²) >= 11 is 1.32. The molecule has 154 valence electrons. The third-order valence-electron chi connectivity index (χ3n) is 4.95. The Balaban J connectivity index is 1.96. The molecule has 1 heterocycles. The van der Waals surface area contributed by atoms with Crippen LogP contribution in [0.25, 0.3) is 0 Å². The van der Waals surface area contributed by atoms with Crippen molar-refractivity contribution in [2.75, 3.05) is 26.0 Å². The Morgan fingerprint density at radius 3 is 2.62 bits per heavy atom. The van der Waals surface area contributed by atoms with Crippen molar-refractivity contribution in [2.24, 2.45) is 0 Å². The summed E-state index contributed by atoms with van der Waals surface area (Å²) in [6.45, 7) is -0.997. The van der Waals surface area contributed by atoms with E-state index >= 15 is 0 Å². The van der Waals surface area contributed by atoms with E-state index in [2.05, 4.69) is 0 Å². The molecule has 2 amide bonds. The first-order valence-electron chi connectivity index (χ1n) is 8.92. The highest BCUT2D eigenvalue weighted by Crippen LogP contribution is 2.40. The summed E-state index contributed by atoms with van der Waals surface area (Å²) in [6, 6.07) is 6.97. The maximum Gasteiger partial charge on any atom is 0.360 e. The van der Waals surface area contributed by atoms with Crippen LogP contribution in [0.15, 0.2) is 52.8 Å². The molecule has 1 aliphatic carbocycles. The van der Waals surface area contributed by atoms with E-state index in [1.807, 2.05) is 5.59 Å². The van der Waals surface area contributed by atoms with E-state index in [0.717, 1.165) is 15.7 Å². The standard InChI is InChI=1S/C19H21N3O6S/c1-28-14-8-6-13(7-9-14)21(20-27)17(23)10-22(11-19(25)26)15-4-2-3-5-16(15)29-12-18(22)24/h2-6,8,20,27H,7,9-12H2,1H3/p+1. The van der Waals surface area contributed by atoms with Crippen molar-refractivity contribution in [3.63, 3.8) is 0 Å². The topological polar surface area (TPSA) is 116 Å². The lowest BCUT2D eigenvalue weighted by molar-refractivity contribution is -0.149. The summed E-state index contributed by atoms with van der Waals surface area (Å²) in [6.07, 6.45) is 4.29. The van der Waals surface area contributed by atoms with Gasteiger partial charge in [-0.1, -0.05) is 12.1 Å². The van der Waals surface area contributed by atoms with Gasteiger partial charge in [-0.15, -0.1) is 17.4 Å². The second-order valence-electron chi connectivity index (χ2n) is 6.65. The molecule has 10 heteroatoms. The molecule has 1 aromatic carbocycles. The molecule has 9 nitrogen and oxygen atoms in total. The minimum Gasteiger partial charge on any atom is -0.501 e. The molecule has 2 aliphatic rings. The molecule has 3 rings (SSSR count). The van der Waals surface area contributed by atoms with E-state index in [-0.39, 0.29) is 11.7 Å². The first kappa shape index (κ1) is 21.1. The largest absolute Gasteiger partial charge is 0.501 e. The number of carbonyl (C=O) groups is 3. The number of thioether (sulfide) groups is 1. The minimum absolute atomic E-state index is 0.0623. The molecule has 29 heavy (non-hydrogen) atoms. The van der Waals surface area contributed by atoms with Gasteiger partial charge in [-0.2, -0.15) is 0 Å². The quantitative estimate of drug-likeness (QED) is 0.450. The molecule has 1 aliphatic heterocycles. The number of carbonyl (C=O) groups excluding carboxylic acids is 2. The Kier molecular flexibility index (Phi) is 6.38. The monoisotopic (exact) mass is 420 g/mol. The maximum atomic E-state index is 13.1.